The van der Waals surface area contributed by atoms with Crippen molar-refractivity contribution >= 4 is 35.6 Å². The number of fused-ring (bicyclic) bond motifs is 1. The summed E-state index contributed by atoms with van der Waals surface area (Å²) >= 11 is 1.71. The van der Waals surface area contributed by atoms with E-state index in [0.29, 0.717) is 31.8 Å². The van der Waals surface area contributed by atoms with Gasteiger partial charge in [0, 0.05) is 49.9 Å². The van der Waals surface area contributed by atoms with E-state index >= 15 is 0 Å². The number of amides is 2. The van der Waals surface area contributed by atoms with Crippen molar-refractivity contribution in [2.45, 2.75) is 38.1 Å². The third-order valence-corrected chi connectivity index (χ3v) is 5.97. The summed E-state index contributed by atoms with van der Waals surface area (Å²) in [7, 11) is 0. The first-order valence-electron chi connectivity index (χ1n) is 8.48. The van der Waals surface area contributed by atoms with E-state index in [1.807, 2.05) is 15.9 Å². The highest BCUT2D eigenvalue weighted by Gasteiger charge is 2.39. The number of halogens is 1. The summed E-state index contributed by atoms with van der Waals surface area (Å²) in [5, 5.41) is 2.05. The molecule has 7 heteroatoms. The van der Waals surface area contributed by atoms with Crippen molar-refractivity contribution in [3.05, 3.63) is 22.4 Å². The largest absolute Gasteiger partial charge is 0.342 e. The molecule has 0 unspecified atom stereocenters. The van der Waals surface area contributed by atoms with E-state index in [4.69, 9.17) is 5.73 Å². The topological polar surface area (TPSA) is 66.6 Å². The second-order valence-electron chi connectivity index (χ2n) is 6.45. The van der Waals surface area contributed by atoms with Gasteiger partial charge in [-0.1, -0.05) is 6.07 Å². The summed E-state index contributed by atoms with van der Waals surface area (Å²) in [6, 6.07) is 4.39. The van der Waals surface area contributed by atoms with Gasteiger partial charge in [-0.25, -0.2) is 0 Å². The number of nitrogens with two attached hydrogens (primary N) is 1. The van der Waals surface area contributed by atoms with Gasteiger partial charge in [0.25, 0.3) is 0 Å². The SMILES string of the molecule is Cl.NCCN1C(=O)CC[C@H]2CN(C(=O)CCc3cccs3)CC[C@H]21. The van der Waals surface area contributed by atoms with Crippen LogP contribution in [-0.4, -0.2) is 53.8 Å². The van der Waals surface area contributed by atoms with Crippen LogP contribution in [0.5, 0.6) is 0 Å². The average molecular weight is 372 g/mol. The fourth-order valence-electron chi connectivity index (χ4n) is 3.85. The van der Waals surface area contributed by atoms with Gasteiger partial charge in [0.1, 0.15) is 0 Å². The molecule has 0 radical (unpaired) electrons. The van der Waals surface area contributed by atoms with Gasteiger partial charge < -0.3 is 15.5 Å². The predicted molar refractivity (Wildman–Crippen MR) is 98.4 cm³/mol. The molecule has 2 saturated heterocycles. The summed E-state index contributed by atoms with van der Waals surface area (Å²) in [6.07, 6.45) is 3.81. The Labute approximate surface area is 153 Å². The van der Waals surface area contributed by atoms with Crippen LogP contribution < -0.4 is 5.73 Å². The van der Waals surface area contributed by atoms with Crippen LogP contribution in [0.4, 0.5) is 0 Å². The fourth-order valence-corrected chi connectivity index (χ4v) is 4.56. The Morgan fingerprint density at radius 3 is 2.92 bits per heavy atom. The molecule has 0 bridgehead atoms. The molecular formula is C17H26ClN3O2S. The molecule has 0 saturated carbocycles. The molecule has 134 valence electrons. The first kappa shape index (κ1) is 19.2. The molecule has 3 rings (SSSR count). The summed E-state index contributed by atoms with van der Waals surface area (Å²) < 4.78 is 0. The molecule has 3 heterocycles. The molecule has 1 aromatic rings. The van der Waals surface area contributed by atoms with Crippen LogP contribution in [0.1, 0.15) is 30.6 Å². The van der Waals surface area contributed by atoms with Crippen molar-refractivity contribution in [3.63, 3.8) is 0 Å². The Morgan fingerprint density at radius 2 is 2.21 bits per heavy atom. The highest BCUT2D eigenvalue weighted by atomic mass is 35.5. The van der Waals surface area contributed by atoms with Crippen LogP contribution in [0, 0.1) is 5.92 Å². The normalized spacial score (nSPS) is 23.6. The van der Waals surface area contributed by atoms with Crippen LogP contribution in [0.25, 0.3) is 0 Å². The van der Waals surface area contributed by atoms with E-state index in [9.17, 15) is 9.59 Å². The molecule has 0 spiro atoms. The van der Waals surface area contributed by atoms with Crippen LogP contribution in [0.3, 0.4) is 0 Å². The predicted octanol–water partition coefficient (Wildman–Crippen LogP) is 1.90. The number of hydrogen-bond donors (Lipinski definition) is 1. The number of carbonyl (C=O) groups is 2. The van der Waals surface area contributed by atoms with Crippen molar-refractivity contribution in [2.75, 3.05) is 26.2 Å². The monoisotopic (exact) mass is 371 g/mol. The first-order valence-corrected chi connectivity index (χ1v) is 9.36. The van der Waals surface area contributed by atoms with Crippen LogP contribution >= 0.6 is 23.7 Å². The van der Waals surface area contributed by atoms with Crippen molar-refractivity contribution in [2.24, 2.45) is 11.7 Å². The maximum Gasteiger partial charge on any atom is 0.222 e. The molecule has 2 aliphatic rings. The van der Waals surface area contributed by atoms with Crippen molar-refractivity contribution < 1.29 is 9.59 Å². The summed E-state index contributed by atoms with van der Waals surface area (Å²) in [4.78, 5) is 29.8. The molecular weight excluding hydrogens is 346 g/mol. The Kier molecular flexibility index (Phi) is 7.07. The zero-order chi connectivity index (χ0) is 16.2. The van der Waals surface area contributed by atoms with E-state index in [1.165, 1.54) is 4.88 Å². The number of rotatable bonds is 5. The van der Waals surface area contributed by atoms with E-state index in [1.54, 1.807) is 11.3 Å². The van der Waals surface area contributed by atoms with Crippen LogP contribution in [0.15, 0.2) is 17.5 Å². The lowest BCUT2D eigenvalue weighted by molar-refractivity contribution is -0.144. The van der Waals surface area contributed by atoms with Gasteiger partial charge >= 0.3 is 0 Å². The summed E-state index contributed by atoms with van der Waals surface area (Å²) in [5.41, 5.74) is 5.65. The van der Waals surface area contributed by atoms with Gasteiger partial charge in [-0.15, -0.1) is 23.7 Å². The number of piperidine rings is 2. The van der Waals surface area contributed by atoms with Crippen LogP contribution in [-0.2, 0) is 16.0 Å². The smallest absolute Gasteiger partial charge is 0.222 e. The van der Waals surface area contributed by atoms with E-state index in [2.05, 4.69) is 11.4 Å². The number of hydrogen-bond acceptors (Lipinski definition) is 4. The third-order valence-electron chi connectivity index (χ3n) is 5.03. The minimum atomic E-state index is 0. The Balaban J connectivity index is 0.00000208. The second-order valence-corrected chi connectivity index (χ2v) is 7.48. The van der Waals surface area contributed by atoms with Crippen molar-refractivity contribution in [3.8, 4) is 0 Å². The Hall–Kier alpha value is -1.11. The summed E-state index contributed by atoms with van der Waals surface area (Å²) in [5.74, 6) is 0.895. The lowest BCUT2D eigenvalue weighted by Gasteiger charge is -2.47. The maximum absolute atomic E-state index is 12.5. The Bertz CT molecular complexity index is 552. The van der Waals surface area contributed by atoms with Gasteiger partial charge in [-0.3, -0.25) is 9.59 Å². The molecule has 2 N–H and O–H groups in total. The van der Waals surface area contributed by atoms with E-state index in [-0.39, 0.29) is 30.3 Å². The standard InChI is InChI=1S/C17H25N3O2S.ClH/c18-8-10-20-15-7-9-19(12-13(15)3-5-17(20)22)16(21)6-4-14-2-1-11-23-14;/h1-2,11,13,15H,3-10,12,18H2;1H/t13-,15+;/m0./s1. The van der Waals surface area contributed by atoms with Gasteiger partial charge in [-0.05, 0) is 36.6 Å². The number of carbonyl (C=O) groups excluding carboxylic acids is 2. The lowest BCUT2D eigenvalue weighted by Crippen LogP contribution is -2.57. The minimum Gasteiger partial charge on any atom is -0.342 e. The molecule has 5 nitrogen and oxygen atoms in total. The molecule has 24 heavy (non-hydrogen) atoms. The maximum atomic E-state index is 12.5. The molecule has 2 atom stereocenters. The highest BCUT2D eigenvalue weighted by Crippen LogP contribution is 2.31. The van der Waals surface area contributed by atoms with Gasteiger partial charge in [0.15, 0.2) is 0 Å². The van der Waals surface area contributed by atoms with E-state index < -0.39 is 0 Å². The van der Waals surface area contributed by atoms with Crippen LogP contribution in [0.2, 0.25) is 0 Å². The van der Waals surface area contributed by atoms with Gasteiger partial charge in [0.2, 0.25) is 11.8 Å². The van der Waals surface area contributed by atoms with Gasteiger partial charge in [-0.2, -0.15) is 0 Å². The number of thiophene rings is 1. The number of nitrogens with zero attached hydrogens (tertiary/aromatic N) is 2. The second kappa shape index (κ2) is 8.83. The molecule has 0 aliphatic carbocycles. The zero-order valence-electron chi connectivity index (χ0n) is 13.9. The third kappa shape index (κ3) is 4.29. The van der Waals surface area contributed by atoms with Crippen molar-refractivity contribution in [1.29, 1.82) is 0 Å². The first-order chi connectivity index (χ1) is 11.2. The molecule has 2 amide bonds. The molecule has 1 aromatic heterocycles. The molecule has 2 aliphatic heterocycles. The van der Waals surface area contributed by atoms with Crippen molar-refractivity contribution in [1.82, 2.24) is 9.80 Å². The van der Waals surface area contributed by atoms with Gasteiger partial charge in [0.05, 0.1) is 0 Å². The Morgan fingerprint density at radius 1 is 1.38 bits per heavy atom. The number of aryl methyl sites for hydroxylation is 1. The molecule has 0 aromatic carbocycles. The molecule has 2 fully saturated rings. The highest BCUT2D eigenvalue weighted by molar-refractivity contribution is 7.09. The zero-order valence-corrected chi connectivity index (χ0v) is 15.5. The average Bonchev–Trinajstić information content (AvgIpc) is 3.08. The minimum absolute atomic E-state index is 0. The summed E-state index contributed by atoms with van der Waals surface area (Å²) in [6.45, 7) is 2.71. The van der Waals surface area contributed by atoms with E-state index in [0.717, 1.165) is 32.4 Å². The fraction of sp³-hybridized carbons (Fsp3) is 0.647. The lowest BCUT2D eigenvalue weighted by atomic mass is 9.83. The quantitative estimate of drug-likeness (QED) is 0.859. The number of likely N-dealkylation sites (tertiary alicyclic amines) is 2.